The lowest BCUT2D eigenvalue weighted by molar-refractivity contribution is -0.138. The third-order valence-electron chi connectivity index (χ3n) is 3.95. The van der Waals surface area contributed by atoms with Crippen molar-refractivity contribution in [2.75, 3.05) is 13.2 Å². The van der Waals surface area contributed by atoms with E-state index in [9.17, 15) is 14.3 Å². The summed E-state index contributed by atoms with van der Waals surface area (Å²) in [4.78, 5) is 17.9. The van der Waals surface area contributed by atoms with E-state index in [1.54, 1.807) is 25.3 Å². The molecule has 24 heavy (non-hydrogen) atoms. The van der Waals surface area contributed by atoms with Crippen LogP contribution in [0.25, 0.3) is 0 Å². The number of carbonyl (C=O) groups is 1. The van der Waals surface area contributed by atoms with Crippen molar-refractivity contribution in [3.05, 3.63) is 53.5 Å². The molecule has 1 saturated heterocycles. The van der Waals surface area contributed by atoms with E-state index in [4.69, 9.17) is 9.15 Å². The number of aliphatic hydroxyl groups is 1. The molecule has 7 heteroatoms. The van der Waals surface area contributed by atoms with Crippen LogP contribution in [-0.4, -0.2) is 40.2 Å². The number of ether oxygens (including phenoxy) is 1. The molecule has 3 rings (SSSR count). The van der Waals surface area contributed by atoms with Crippen molar-refractivity contribution < 1.29 is 23.4 Å². The van der Waals surface area contributed by atoms with Gasteiger partial charge >= 0.3 is 0 Å². The van der Waals surface area contributed by atoms with E-state index in [1.165, 1.54) is 17.0 Å². The summed E-state index contributed by atoms with van der Waals surface area (Å²) in [6.07, 6.45) is 1.34. The number of carbonyl (C=O) groups excluding carboxylic acids is 1. The smallest absolute Gasteiger partial charge is 0.249 e. The summed E-state index contributed by atoms with van der Waals surface area (Å²) in [6.45, 7) is 1.93. The van der Waals surface area contributed by atoms with Gasteiger partial charge in [0.1, 0.15) is 24.8 Å². The van der Waals surface area contributed by atoms with Gasteiger partial charge in [0.25, 0.3) is 0 Å². The molecule has 1 aliphatic rings. The predicted molar refractivity (Wildman–Crippen MR) is 82.4 cm³/mol. The van der Waals surface area contributed by atoms with Crippen LogP contribution in [0.3, 0.4) is 0 Å². The number of likely N-dealkylation sites (tertiary alicyclic amines) is 1. The van der Waals surface area contributed by atoms with Crippen molar-refractivity contribution in [2.45, 2.75) is 32.1 Å². The molecule has 0 saturated carbocycles. The molecule has 1 amide bonds. The molecule has 0 radical (unpaired) electrons. The van der Waals surface area contributed by atoms with Gasteiger partial charge in [-0.15, -0.1) is 0 Å². The fraction of sp³-hybridized carbons (Fsp3) is 0.412. The van der Waals surface area contributed by atoms with E-state index >= 15 is 0 Å². The molecular formula is C17H19FN2O4. The van der Waals surface area contributed by atoms with Gasteiger partial charge in [-0.1, -0.05) is 12.1 Å². The lowest BCUT2D eigenvalue weighted by atomic mass is 10.0. The number of hydrogen-bond acceptors (Lipinski definition) is 5. The Bertz CT molecular complexity index is 718. The quantitative estimate of drug-likeness (QED) is 0.905. The number of aliphatic hydroxyl groups excluding tert-OH is 1. The summed E-state index contributed by atoms with van der Waals surface area (Å²) in [7, 11) is 0. The third kappa shape index (κ3) is 3.80. The summed E-state index contributed by atoms with van der Waals surface area (Å²) < 4.78 is 24.0. The van der Waals surface area contributed by atoms with Crippen LogP contribution < -0.4 is 0 Å². The number of hydrogen-bond donors (Lipinski definition) is 1. The predicted octanol–water partition coefficient (Wildman–Crippen LogP) is 1.97. The first-order chi connectivity index (χ1) is 11.5. The zero-order chi connectivity index (χ0) is 17.1. The highest BCUT2D eigenvalue weighted by Gasteiger charge is 2.35. The van der Waals surface area contributed by atoms with Crippen molar-refractivity contribution in [2.24, 2.45) is 0 Å². The third-order valence-corrected chi connectivity index (χ3v) is 3.95. The summed E-state index contributed by atoms with van der Waals surface area (Å²) in [5.41, 5.74) is 0.670. The Morgan fingerprint density at radius 1 is 1.54 bits per heavy atom. The minimum Gasteiger partial charge on any atom is -0.443 e. The second-order valence-corrected chi connectivity index (χ2v) is 5.86. The van der Waals surface area contributed by atoms with Gasteiger partial charge in [-0.25, -0.2) is 9.37 Å². The number of amides is 1. The van der Waals surface area contributed by atoms with Crippen LogP contribution >= 0.6 is 0 Å². The lowest BCUT2D eigenvalue weighted by Crippen LogP contribution is -2.34. The van der Waals surface area contributed by atoms with Crippen LogP contribution in [0.1, 0.15) is 29.7 Å². The van der Waals surface area contributed by atoms with Gasteiger partial charge in [-0.05, 0) is 31.0 Å². The van der Waals surface area contributed by atoms with E-state index in [0.29, 0.717) is 23.6 Å². The first-order valence-electron chi connectivity index (χ1n) is 7.75. The Balaban J connectivity index is 1.61. The van der Waals surface area contributed by atoms with Crippen LogP contribution in [0.4, 0.5) is 4.39 Å². The van der Waals surface area contributed by atoms with Crippen molar-refractivity contribution in [3.63, 3.8) is 0 Å². The van der Waals surface area contributed by atoms with E-state index in [0.717, 1.165) is 0 Å². The zero-order valence-electron chi connectivity index (χ0n) is 13.3. The van der Waals surface area contributed by atoms with E-state index in [1.807, 2.05) is 0 Å². The van der Waals surface area contributed by atoms with Gasteiger partial charge in [0.15, 0.2) is 0 Å². The molecule has 128 valence electrons. The summed E-state index contributed by atoms with van der Waals surface area (Å²) in [5.74, 6) is 0.457. The number of nitrogens with zero attached hydrogens (tertiary/aromatic N) is 2. The highest BCUT2D eigenvalue weighted by atomic mass is 19.1. The van der Waals surface area contributed by atoms with Gasteiger partial charge < -0.3 is 19.2 Å². The number of aromatic nitrogens is 1. The number of β-amino-alcohol motifs (C(OH)–C–C–N with tert-alkyl or cyclic N) is 1. The van der Waals surface area contributed by atoms with Crippen molar-refractivity contribution in [1.82, 2.24) is 9.88 Å². The molecule has 2 heterocycles. The maximum absolute atomic E-state index is 13.4. The fourth-order valence-electron chi connectivity index (χ4n) is 2.90. The second-order valence-electron chi connectivity index (χ2n) is 5.86. The van der Waals surface area contributed by atoms with Crippen LogP contribution in [-0.2, 0) is 16.1 Å². The number of aryl methyl sites for hydroxylation is 1. The Morgan fingerprint density at radius 2 is 2.38 bits per heavy atom. The molecule has 0 aliphatic carbocycles. The largest absolute Gasteiger partial charge is 0.443 e. The average molecular weight is 334 g/mol. The van der Waals surface area contributed by atoms with E-state index < -0.39 is 6.10 Å². The molecule has 0 bridgehead atoms. The highest BCUT2D eigenvalue weighted by molar-refractivity contribution is 5.78. The first kappa shape index (κ1) is 16.6. The molecule has 1 aliphatic heterocycles. The molecule has 0 spiro atoms. The Kier molecular flexibility index (Phi) is 4.92. The number of benzene rings is 1. The molecule has 1 fully saturated rings. The van der Waals surface area contributed by atoms with E-state index in [-0.39, 0.29) is 37.5 Å². The van der Waals surface area contributed by atoms with Crippen LogP contribution in [0.2, 0.25) is 0 Å². The van der Waals surface area contributed by atoms with Gasteiger partial charge in [0.05, 0.1) is 18.3 Å². The second kappa shape index (κ2) is 7.11. The maximum Gasteiger partial charge on any atom is 0.249 e. The Labute approximate surface area is 138 Å². The average Bonchev–Trinajstić information content (AvgIpc) is 3.13. The highest BCUT2D eigenvalue weighted by Crippen LogP contribution is 2.32. The van der Waals surface area contributed by atoms with Gasteiger partial charge in [0, 0.05) is 6.54 Å². The fourth-order valence-corrected chi connectivity index (χ4v) is 2.90. The van der Waals surface area contributed by atoms with Crippen LogP contribution in [0.5, 0.6) is 0 Å². The SMILES string of the molecule is Cc1cnc(COCC(=O)N2CC(O)CC2c2cccc(F)c2)o1. The maximum atomic E-state index is 13.4. The molecule has 1 aromatic carbocycles. The molecule has 2 unspecified atom stereocenters. The normalized spacial score (nSPS) is 20.5. The molecule has 2 atom stereocenters. The first-order valence-corrected chi connectivity index (χ1v) is 7.75. The van der Waals surface area contributed by atoms with Crippen LogP contribution in [0, 0.1) is 12.7 Å². The summed E-state index contributed by atoms with van der Waals surface area (Å²) in [6, 6.07) is 5.74. The number of halogens is 1. The van der Waals surface area contributed by atoms with Crippen molar-refractivity contribution in [1.29, 1.82) is 0 Å². The van der Waals surface area contributed by atoms with Crippen LogP contribution in [0.15, 0.2) is 34.9 Å². The zero-order valence-corrected chi connectivity index (χ0v) is 13.3. The Morgan fingerprint density at radius 3 is 3.08 bits per heavy atom. The number of oxazole rings is 1. The lowest BCUT2D eigenvalue weighted by Gasteiger charge is -2.24. The molecule has 2 aromatic rings. The van der Waals surface area contributed by atoms with Gasteiger partial charge in [-0.2, -0.15) is 0 Å². The topological polar surface area (TPSA) is 75.8 Å². The van der Waals surface area contributed by atoms with E-state index in [2.05, 4.69) is 4.98 Å². The van der Waals surface area contributed by atoms with Gasteiger partial charge in [-0.3, -0.25) is 4.79 Å². The standard InChI is InChI=1S/C17H19FN2O4/c1-11-7-19-16(24-11)9-23-10-17(22)20-8-14(21)6-15(20)12-3-2-4-13(18)5-12/h2-5,7,14-15,21H,6,8-10H2,1H3. The number of rotatable bonds is 5. The molecule has 1 N–H and O–H groups in total. The minimum atomic E-state index is -0.628. The van der Waals surface area contributed by atoms with Gasteiger partial charge in [0.2, 0.25) is 11.8 Å². The molecule has 6 nitrogen and oxygen atoms in total. The van der Waals surface area contributed by atoms with Crippen molar-refractivity contribution in [3.8, 4) is 0 Å². The Hall–Kier alpha value is -2.25. The summed E-state index contributed by atoms with van der Waals surface area (Å²) in [5, 5.41) is 9.90. The van der Waals surface area contributed by atoms with Crippen molar-refractivity contribution >= 4 is 5.91 Å². The molecule has 1 aromatic heterocycles. The minimum absolute atomic E-state index is 0.0978. The summed E-state index contributed by atoms with van der Waals surface area (Å²) >= 11 is 0. The molecular weight excluding hydrogens is 315 g/mol. The monoisotopic (exact) mass is 334 g/mol.